The summed E-state index contributed by atoms with van der Waals surface area (Å²) < 4.78 is 0. The fraction of sp³-hybridized carbons (Fsp3) is 0.476. The summed E-state index contributed by atoms with van der Waals surface area (Å²) in [6.07, 6.45) is 0.887. The maximum atomic E-state index is 12.4. The van der Waals surface area contributed by atoms with Gasteiger partial charge >= 0.3 is 0 Å². The Morgan fingerprint density at radius 1 is 1.04 bits per heavy atom. The highest BCUT2D eigenvalue weighted by Crippen LogP contribution is 2.24. The highest BCUT2D eigenvalue weighted by Gasteiger charge is 2.12. The summed E-state index contributed by atoms with van der Waals surface area (Å²) in [7, 11) is 1.82. The van der Waals surface area contributed by atoms with Crippen molar-refractivity contribution < 1.29 is 4.79 Å². The molecule has 0 atom stereocenters. The van der Waals surface area contributed by atoms with Crippen molar-refractivity contribution in [3.8, 4) is 0 Å². The molecule has 0 saturated heterocycles. The van der Waals surface area contributed by atoms with E-state index in [0.717, 1.165) is 53.1 Å². The predicted octanol–water partition coefficient (Wildman–Crippen LogP) is 4.27. The molecule has 1 amide bonds. The lowest BCUT2D eigenvalue weighted by Crippen LogP contribution is -2.26. The molecule has 27 heavy (non-hydrogen) atoms. The first-order chi connectivity index (χ1) is 13.0. The molecule has 1 aromatic heterocycles. The minimum Gasteiger partial charge on any atom is -0.357 e. The number of anilines is 1. The lowest BCUT2D eigenvalue weighted by molar-refractivity contribution is 0.0802. The van der Waals surface area contributed by atoms with Gasteiger partial charge in [0, 0.05) is 49.8 Å². The summed E-state index contributed by atoms with van der Waals surface area (Å²) in [6, 6.07) is 9.91. The number of carbonyl (C=O) groups excluding carboxylic acids is 1. The number of rotatable bonds is 9. The van der Waals surface area contributed by atoms with E-state index < -0.39 is 0 Å². The van der Waals surface area contributed by atoms with Gasteiger partial charge in [-0.05, 0) is 44.9 Å². The average Bonchev–Trinajstić information content (AvgIpc) is 2.72. The molecule has 6 heteroatoms. The quantitative estimate of drug-likeness (QED) is 0.476. The Balaban J connectivity index is 2.16. The van der Waals surface area contributed by atoms with Gasteiger partial charge < -0.3 is 9.80 Å². The normalized spacial score (nSPS) is 10.7. The first kappa shape index (κ1) is 21.2. The lowest BCUT2D eigenvalue weighted by atomic mass is 10.1. The zero-order valence-electron chi connectivity index (χ0n) is 17.0. The zero-order chi connectivity index (χ0) is 19.8. The van der Waals surface area contributed by atoms with E-state index in [4.69, 9.17) is 4.98 Å². The molecule has 0 N–H and O–H groups in total. The number of aryl methyl sites for hydroxylation is 1. The van der Waals surface area contributed by atoms with Crippen LogP contribution in [0, 0.1) is 0 Å². The van der Waals surface area contributed by atoms with Crippen LogP contribution in [0.15, 0.2) is 35.5 Å². The fourth-order valence-corrected chi connectivity index (χ4v) is 3.54. The largest absolute Gasteiger partial charge is 0.357 e. The summed E-state index contributed by atoms with van der Waals surface area (Å²) in [5, 5.41) is 0.790. The summed E-state index contributed by atoms with van der Waals surface area (Å²) in [6.45, 7) is 10.9. The van der Waals surface area contributed by atoms with Gasteiger partial charge in [-0.3, -0.25) is 4.79 Å². The Labute approximate surface area is 167 Å². The maximum Gasteiger partial charge on any atom is 0.253 e. The molecule has 0 saturated carbocycles. The maximum absolute atomic E-state index is 12.4. The van der Waals surface area contributed by atoms with Crippen LogP contribution < -0.4 is 4.90 Å². The zero-order valence-corrected chi connectivity index (χ0v) is 17.8. The number of hydrogen-bond donors (Lipinski definition) is 0. The van der Waals surface area contributed by atoms with Gasteiger partial charge in [0.1, 0.15) is 5.82 Å². The second-order valence-corrected chi connectivity index (χ2v) is 7.28. The molecule has 5 nitrogen and oxygen atoms in total. The van der Waals surface area contributed by atoms with Gasteiger partial charge in [-0.2, -0.15) is 0 Å². The van der Waals surface area contributed by atoms with Gasteiger partial charge in [-0.15, -0.1) is 0 Å². The van der Waals surface area contributed by atoms with E-state index in [1.54, 1.807) is 16.7 Å². The molecule has 0 aliphatic heterocycles. The van der Waals surface area contributed by atoms with Crippen LogP contribution in [0.25, 0.3) is 0 Å². The number of thioether (sulfide) groups is 1. The summed E-state index contributed by atoms with van der Waals surface area (Å²) in [5.74, 6) is 1.78. The Kier molecular flexibility index (Phi) is 8.10. The van der Waals surface area contributed by atoms with Crippen molar-refractivity contribution in [1.29, 1.82) is 0 Å². The van der Waals surface area contributed by atoms with Gasteiger partial charge in [0.15, 0.2) is 5.16 Å². The van der Waals surface area contributed by atoms with Crippen LogP contribution in [-0.4, -0.2) is 47.5 Å². The third kappa shape index (κ3) is 5.70. The molecule has 1 heterocycles. The Morgan fingerprint density at radius 2 is 1.78 bits per heavy atom. The minimum absolute atomic E-state index is 0.0531. The molecule has 146 valence electrons. The Hall–Kier alpha value is -2.08. The van der Waals surface area contributed by atoms with Crippen molar-refractivity contribution in [2.75, 3.05) is 31.6 Å². The molecule has 0 aliphatic rings. The summed E-state index contributed by atoms with van der Waals surface area (Å²) >= 11 is 1.62. The number of benzene rings is 1. The molecule has 1 aromatic carbocycles. The van der Waals surface area contributed by atoms with E-state index >= 15 is 0 Å². The van der Waals surface area contributed by atoms with Crippen LogP contribution >= 0.6 is 11.8 Å². The summed E-state index contributed by atoms with van der Waals surface area (Å²) in [4.78, 5) is 25.7. The topological polar surface area (TPSA) is 49.3 Å². The molecule has 0 aliphatic carbocycles. The van der Waals surface area contributed by atoms with Gasteiger partial charge in [-0.25, -0.2) is 9.97 Å². The average molecular weight is 387 g/mol. The second kappa shape index (κ2) is 10.3. The fourth-order valence-electron chi connectivity index (χ4n) is 2.72. The second-order valence-electron chi connectivity index (χ2n) is 6.33. The van der Waals surface area contributed by atoms with Crippen molar-refractivity contribution in [3.05, 3.63) is 47.2 Å². The molecule has 2 rings (SSSR count). The van der Waals surface area contributed by atoms with Gasteiger partial charge in [0.05, 0.1) is 0 Å². The van der Waals surface area contributed by atoms with E-state index in [-0.39, 0.29) is 5.91 Å². The highest BCUT2D eigenvalue weighted by molar-refractivity contribution is 7.98. The van der Waals surface area contributed by atoms with Crippen LogP contribution in [0.5, 0.6) is 0 Å². The standard InChI is InChI=1S/C21H30N4OS/c1-6-18-14-19(25(8-3)9-4)23-21(22-18)27-15-16-11-10-12-17(13-16)20(26)24(5)7-2/h10-14H,6-9,15H2,1-5H3. The number of aromatic nitrogens is 2. The molecular formula is C21H30N4OS. The summed E-state index contributed by atoms with van der Waals surface area (Å²) in [5.41, 5.74) is 2.89. The van der Waals surface area contributed by atoms with E-state index in [9.17, 15) is 4.79 Å². The smallest absolute Gasteiger partial charge is 0.253 e. The lowest BCUT2D eigenvalue weighted by Gasteiger charge is -2.20. The van der Waals surface area contributed by atoms with Crippen LogP contribution in [0.2, 0.25) is 0 Å². The van der Waals surface area contributed by atoms with Gasteiger partial charge in [-0.1, -0.05) is 30.8 Å². The van der Waals surface area contributed by atoms with Crippen LogP contribution in [0.4, 0.5) is 5.82 Å². The van der Waals surface area contributed by atoms with Crippen molar-refractivity contribution in [1.82, 2.24) is 14.9 Å². The van der Waals surface area contributed by atoms with Crippen molar-refractivity contribution in [2.45, 2.75) is 45.0 Å². The van der Waals surface area contributed by atoms with Gasteiger partial charge in [0.2, 0.25) is 0 Å². The van der Waals surface area contributed by atoms with E-state index in [0.29, 0.717) is 6.54 Å². The monoisotopic (exact) mass is 386 g/mol. The first-order valence-corrected chi connectivity index (χ1v) is 10.6. The molecule has 0 radical (unpaired) electrons. The van der Waals surface area contributed by atoms with Crippen molar-refractivity contribution in [3.63, 3.8) is 0 Å². The minimum atomic E-state index is 0.0531. The number of hydrogen-bond acceptors (Lipinski definition) is 5. The predicted molar refractivity (Wildman–Crippen MR) is 114 cm³/mol. The molecule has 2 aromatic rings. The number of amides is 1. The molecule has 0 bridgehead atoms. The number of nitrogens with zero attached hydrogens (tertiary/aromatic N) is 4. The first-order valence-electron chi connectivity index (χ1n) is 9.62. The molecule has 0 unspecified atom stereocenters. The van der Waals surface area contributed by atoms with Crippen LogP contribution in [0.1, 0.15) is 49.3 Å². The van der Waals surface area contributed by atoms with E-state index in [1.807, 2.05) is 38.2 Å². The Morgan fingerprint density at radius 3 is 2.41 bits per heavy atom. The third-order valence-corrected chi connectivity index (χ3v) is 5.48. The number of carbonyl (C=O) groups is 1. The SMILES string of the molecule is CCc1cc(N(CC)CC)nc(SCc2cccc(C(=O)N(C)CC)c2)n1. The molecule has 0 spiro atoms. The van der Waals surface area contributed by atoms with Crippen LogP contribution in [0.3, 0.4) is 0 Å². The third-order valence-electron chi connectivity index (χ3n) is 4.56. The molecule has 0 fully saturated rings. The van der Waals surface area contributed by atoms with Gasteiger partial charge in [0.25, 0.3) is 5.91 Å². The van der Waals surface area contributed by atoms with Crippen molar-refractivity contribution in [2.24, 2.45) is 0 Å². The van der Waals surface area contributed by atoms with Crippen LogP contribution in [-0.2, 0) is 12.2 Å². The van der Waals surface area contributed by atoms with E-state index in [1.165, 1.54) is 0 Å². The van der Waals surface area contributed by atoms with E-state index in [2.05, 4.69) is 36.7 Å². The Bertz CT molecular complexity index is 762. The molecular weight excluding hydrogens is 356 g/mol. The highest BCUT2D eigenvalue weighted by atomic mass is 32.2. The van der Waals surface area contributed by atoms with Crippen molar-refractivity contribution >= 4 is 23.5 Å².